The Morgan fingerprint density at radius 3 is 2.26 bits per heavy atom. The van der Waals surface area contributed by atoms with Gasteiger partial charge in [-0.25, -0.2) is 4.79 Å². The van der Waals surface area contributed by atoms with E-state index in [-0.39, 0.29) is 4.91 Å². The van der Waals surface area contributed by atoms with E-state index in [1.807, 2.05) is 0 Å². The van der Waals surface area contributed by atoms with Gasteiger partial charge in [-0.1, -0.05) is 18.2 Å². The molecule has 1 unspecified atom stereocenters. The summed E-state index contributed by atoms with van der Waals surface area (Å²) in [7, 11) is 4.07. The maximum atomic E-state index is 12.3. The van der Waals surface area contributed by atoms with Gasteiger partial charge in [-0.3, -0.25) is 0 Å². The van der Waals surface area contributed by atoms with Crippen molar-refractivity contribution in [3.63, 3.8) is 0 Å². The highest BCUT2D eigenvalue weighted by molar-refractivity contribution is 7.96. The minimum Gasteiger partial charge on any atom is -0.606 e. The summed E-state index contributed by atoms with van der Waals surface area (Å²) >= 11 is -1.65. The third-order valence-corrected chi connectivity index (χ3v) is 3.70. The first-order valence-electron chi connectivity index (χ1n) is 5.46. The van der Waals surface area contributed by atoms with E-state index in [4.69, 9.17) is 9.47 Å². The van der Waals surface area contributed by atoms with Gasteiger partial charge in [0.15, 0.2) is 11.2 Å². The lowest BCUT2D eigenvalue weighted by Crippen LogP contribution is -2.20. The lowest BCUT2D eigenvalue weighted by Gasteiger charge is -2.14. The van der Waals surface area contributed by atoms with E-state index in [0.29, 0.717) is 4.90 Å². The van der Waals surface area contributed by atoms with Crippen LogP contribution in [-0.2, 0) is 30.2 Å². The van der Waals surface area contributed by atoms with Gasteiger partial charge < -0.3 is 18.8 Å². The largest absolute Gasteiger partial charge is 0.606 e. The number of carbonyl (C=O) groups is 1. The lowest BCUT2D eigenvalue weighted by atomic mass is 10.4. The molecule has 1 aromatic rings. The van der Waals surface area contributed by atoms with Gasteiger partial charge in [0.1, 0.15) is 0 Å². The predicted octanol–water partition coefficient (Wildman–Crippen LogP) is 1.47. The molecule has 0 bridgehead atoms. The van der Waals surface area contributed by atoms with Gasteiger partial charge >= 0.3 is 5.97 Å². The smallest absolute Gasteiger partial charge is 0.386 e. The van der Waals surface area contributed by atoms with Crippen LogP contribution in [0.3, 0.4) is 0 Å². The van der Waals surface area contributed by atoms with Crippen molar-refractivity contribution in [3.8, 4) is 0 Å². The Morgan fingerprint density at radius 2 is 1.79 bits per heavy atom. The first-order chi connectivity index (χ1) is 9.13. The number of ether oxygens (including phenoxy) is 3. The Morgan fingerprint density at radius 1 is 1.21 bits per heavy atom. The molecule has 0 N–H and O–H groups in total. The van der Waals surface area contributed by atoms with E-state index >= 15 is 0 Å². The van der Waals surface area contributed by atoms with Gasteiger partial charge in [-0.15, -0.1) is 0 Å². The molecule has 0 heterocycles. The SMILES string of the molecule is COC(=O)/C(=C/C(OC)OC)[S+]([O-])c1ccccc1. The van der Waals surface area contributed by atoms with Gasteiger partial charge in [0, 0.05) is 31.5 Å². The summed E-state index contributed by atoms with van der Waals surface area (Å²) in [6, 6.07) is 8.62. The molecule has 0 radical (unpaired) electrons. The van der Waals surface area contributed by atoms with Crippen molar-refractivity contribution < 1.29 is 23.6 Å². The van der Waals surface area contributed by atoms with Gasteiger partial charge in [0.2, 0.25) is 4.91 Å². The molecule has 0 aliphatic rings. The van der Waals surface area contributed by atoms with E-state index in [1.165, 1.54) is 27.4 Å². The number of esters is 1. The van der Waals surface area contributed by atoms with E-state index in [0.717, 1.165) is 0 Å². The molecule has 0 saturated carbocycles. The highest BCUT2D eigenvalue weighted by Gasteiger charge is 2.28. The Bertz CT molecular complexity index is 428. The normalized spacial score (nSPS) is 13.4. The molecule has 0 aromatic heterocycles. The number of hydrogen-bond donors (Lipinski definition) is 0. The second-order valence-corrected chi connectivity index (χ2v) is 4.89. The van der Waals surface area contributed by atoms with E-state index in [2.05, 4.69) is 4.74 Å². The van der Waals surface area contributed by atoms with Crippen LogP contribution >= 0.6 is 0 Å². The molecule has 1 rings (SSSR count). The topological polar surface area (TPSA) is 67.8 Å². The molecule has 0 fully saturated rings. The highest BCUT2D eigenvalue weighted by atomic mass is 32.2. The third-order valence-electron chi connectivity index (χ3n) is 2.30. The maximum absolute atomic E-state index is 12.3. The minimum absolute atomic E-state index is 0.0117. The van der Waals surface area contributed by atoms with Gasteiger partial charge in [0.05, 0.1) is 7.11 Å². The van der Waals surface area contributed by atoms with Crippen LogP contribution < -0.4 is 0 Å². The monoisotopic (exact) mass is 284 g/mol. The van der Waals surface area contributed by atoms with Crippen LogP contribution in [0.2, 0.25) is 0 Å². The first-order valence-corrected chi connectivity index (χ1v) is 6.61. The average Bonchev–Trinajstić information content (AvgIpc) is 2.48. The Labute approximate surface area is 115 Å². The van der Waals surface area contributed by atoms with Crippen LogP contribution in [0, 0.1) is 0 Å². The zero-order chi connectivity index (χ0) is 14.3. The quantitative estimate of drug-likeness (QED) is 0.342. The van der Waals surface area contributed by atoms with Crippen molar-refractivity contribution in [2.24, 2.45) is 0 Å². The summed E-state index contributed by atoms with van der Waals surface area (Å²) in [6.45, 7) is 0. The second-order valence-electron chi connectivity index (χ2n) is 3.44. The summed E-state index contributed by atoms with van der Waals surface area (Å²) in [4.78, 5) is 12.2. The van der Waals surface area contributed by atoms with Gasteiger partial charge in [0.25, 0.3) is 0 Å². The number of carbonyl (C=O) groups excluding carboxylic acids is 1. The van der Waals surface area contributed by atoms with Crippen molar-refractivity contribution in [1.82, 2.24) is 0 Å². The van der Waals surface area contributed by atoms with Crippen LogP contribution in [-0.4, -0.2) is 38.1 Å². The molecule has 6 heteroatoms. The summed E-state index contributed by atoms with van der Waals surface area (Å²) in [5.74, 6) is -0.679. The van der Waals surface area contributed by atoms with Crippen LogP contribution in [0.5, 0.6) is 0 Å². The molecule has 19 heavy (non-hydrogen) atoms. The molecule has 0 spiro atoms. The van der Waals surface area contributed by atoms with Crippen molar-refractivity contribution in [2.45, 2.75) is 11.2 Å². The number of benzene rings is 1. The van der Waals surface area contributed by atoms with Crippen LogP contribution in [0.1, 0.15) is 0 Å². The fraction of sp³-hybridized carbons (Fsp3) is 0.308. The first kappa shape index (κ1) is 15.7. The molecular formula is C13H16O5S. The molecule has 0 aliphatic carbocycles. The van der Waals surface area contributed by atoms with E-state index in [1.54, 1.807) is 30.3 Å². The van der Waals surface area contributed by atoms with Crippen molar-refractivity contribution in [3.05, 3.63) is 41.3 Å². The fourth-order valence-corrected chi connectivity index (χ4v) is 2.46. The summed E-state index contributed by atoms with van der Waals surface area (Å²) in [6.07, 6.45) is 0.580. The standard InChI is InChI=1S/C13H16O5S/c1-16-12(17-2)9-11(13(14)18-3)19(15)10-7-5-4-6-8-10/h4-9,12H,1-3H3/b11-9-. The fourth-order valence-electron chi connectivity index (χ4n) is 1.33. The van der Waals surface area contributed by atoms with Gasteiger partial charge in [-0.2, -0.15) is 0 Å². The second kappa shape index (κ2) is 7.96. The molecule has 0 aliphatic heterocycles. The molecule has 5 nitrogen and oxygen atoms in total. The lowest BCUT2D eigenvalue weighted by molar-refractivity contribution is -0.135. The predicted molar refractivity (Wildman–Crippen MR) is 70.8 cm³/mol. The van der Waals surface area contributed by atoms with Crippen molar-refractivity contribution >= 4 is 17.1 Å². The Kier molecular flexibility index (Phi) is 6.58. The zero-order valence-electron chi connectivity index (χ0n) is 11.0. The summed E-state index contributed by atoms with van der Waals surface area (Å²) in [5.41, 5.74) is 0. The Hall–Kier alpha value is -1.34. The van der Waals surface area contributed by atoms with Crippen LogP contribution in [0.25, 0.3) is 0 Å². The molecule has 1 aromatic carbocycles. The molecular weight excluding hydrogens is 268 g/mol. The van der Waals surface area contributed by atoms with E-state index < -0.39 is 23.4 Å². The van der Waals surface area contributed by atoms with Gasteiger partial charge in [-0.05, 0) is 12.1 Å². The van der Waals surface area contributed by atoms with E-state index in [9.17, 15) is 9.35 Å². The van der Waals surface area contributed by atoms with Crippen molar-refractivity contribution in [1.29, 1.82) is 0 Å². The molecule has 104 valence electrons. The number of hydrogen-bond acceptors (Lipinski definition) is 5. The van der Waals surface area contributed by atoms with Crippen LogP contribution in [0.15, 0.2) is 46.2 Å². The zero-order valence-corrected chi connectivity index (χ0v) is 11.8. The summed E-state index contributed by atoms with van der Waals surface area (Å²) in [5, 5.41) is 0. The molecule has 0 saturated heterocycles. The highest BCUT2D eigenvalue weighted by Crippen LogP contribution is 2.21. The number of methoxy groups -OCH3 is 3. The minimum atomic E-state index is -1.65. The number of rotatable bonds is 6. The Balaban J connectivity index is 3.07. The molecule has 1 atom stereocenters. The van der Waals surface area contributed by atoms with Crippen LogP contribution in [0.4, 0.5) is 0 Å². The maximum Gasteiger partial charge on any atom is 0.386 e. The third kappa shape index (κ3) is 4.36. The summed E-state index contributed by atoms with van der Waals surface area (Å²) < 4.78 is 26.9. The van der Waals surface area contributed by atoms with Crippen molar-refractivity contribution in [2.75, 3.05) is 21.3 Å². The molecule has 0 amide bonds. The average molecular weight is 284 g/mol.